The van der Waals surface area contributed by atoms with Gasteiger partial charge in [-0.2, -0.15) is 27.8 Å². The number of hydrogen-bond acceptors (Lipinski definition) is 7. The summed E-state index contributed by atoms with van der Waals surface area (Å²) in [6, 6.07) is -2.16. The van der Waals surface area contributed by atoms with E-state index in [1.807, 2.05) is 0 Å². The summed E-state index contributed by atoms with van der Waals surface area (Å²) in [4.78, 5) is 9.93. The number of halogens is 4. The monoisotopic (exact) mass is 426 g/mol. The molecule has 0 bridgehead atoms. The number of rotatable bonds is 4. The number of ether oxygens (including phenoxy) is 1. The molecule has 3 atom stereocenters. The van der Waals surface area contributed by atoms with Crippen LogP contribution in [0.2, 0.25) is 0 Å². The summed E-state index contributed by atoms with van der Waals surface area (Å²) >= 11 is 0. The normalized spacial score (nSPS) is 24.8. The lowest BCUT2D eigenvalue weighted by atomic mass is 10.00. The van der Waals surface area contributed by atoms with Crippen molar-refractivity contribution in [3.05, 3.63) is 18.7 Å². The Hall–Kier alpha value is -2.96. The number of alkyl halides is 4. The first kappa shape index (κ1) is 19.0. The van der Waals surface area contributed by atoms with Crippen molar-refractivity contribution in [2.24, 2.45) is 0 Å². The number of anilines is 2. The van der Waals surface area contributed by atoms with Crippen molar-refractivity contribution >= 4 is 17.3 Å². The van der Waals surface area contributed by atoms with E-state index in [1.54, 1.807) is 6.20 Å². The van der Waals surface area contributed by atoms with Gasteiger partial charge in [0, 0.05) is 24.9 Å². The molecule has 160 valence electrons. The van der Waals surface area contributed by atoms with E-state index in [4.69, 9.17) is 4.74 Å². The van der Waals surface area contributed by atoms with Crippen LogP contribution in [0.4, 0.5) is 29.2 Å². The lowest BCUT2D eigenvalue weighted by Crippen LogP contribution is -2.56. The number of H-pyrrole nitrogens is 1. The minimum Gasteiger partial charge on any atom is -0.378 e. The van der Waals surface area contributed by atoms with Crippen LogP contribution in [0.3, 0.4) is 0 Å². The molecule has 3 aromatic heterocycles. The maximum absolute atomic E-state index is 14.1. The zero-order chi connectivity index (χ0) is 20.9. The van der Waals surface area contributed by atoms with E-state index >= 15 is 0 Å². The Morgan fingerprint density at radius 3 is 2.80 bits per heavy atom. The van der Waals surface area contributed by atoms with Gasteiger partial charge in [-0.15, -0.1) is 5.10 Å². The Labute approximate surface area is 167 Å². The van der Waals surface area contributed by atoms with Crippen molar-refractivity contribution in [2.75, 3.05) is 30.0 Å². The molecule has 0 spiro atoms. The van der Waals surface area contributed by atoms with Gasteiger partial charge in [0.25, 0.3) is 0 Å². The van der Waals surface area contributed by atoms with Crippen LogP contribution in [0.5, 0.6) is 0 Å². The maximum Gasteiger partial charge on any atom is 0.408 e. The molecule has 0 unspecified atom stereocenters. The van der Waals surface area contributed by atoms with Gasteiger partial charge in [-0.3, -0.25) is 5.10 Å². The average molecular weight is 426 g/mol. The fourth-order valence-electron chi connectivity index (χ4n) is 3.79. The number of fused-ring (bicyclic) bond motifs is 1. The zero-order valence-corrected chi connectivity index (χ0v) is 15.6. The van der Waals surface area contributed by atoms with Crippen LogP contribution in [0, 0.1) is 0 Å². The summed E-state index contributed by atoms with van der Waals surface area (Å²) in [6.07, 6.45) is -0.784. The van der Waals surface area contributed by atoms with E-state index < -0.39 is 24.4 Å². The summed E-state index contributed by atoms with van der Waals surface area (Å²) in [7, 11) is 0. The molecule has 2 saturated heterocycles. The fraction of sp³-hybridized carbons (Fsp3) is 0.529. The van der Waals surface area contributed by atoms with E-state index in [9.17, 15) is 17.6 Å². The molecule has 0 aliphatic carbocycles. The van der Waals surface area contributed by atoms with Crippen molar-refractivity contribution < 1.29 is 22.3 Å². The predicted molar refractivity (Wildman–Crippen MR) is 97.9 cm³/mol. The van der Waals surface area contributed by atoms with Crippen LogP contribution >= 0.6 is 0 Å². The summed E-state index contributed by atoms with van der Waals surface area (Å²) in [5, 5.41) is 13.7. The molecule has 2 N–H and O–H groups in total. The van der Waals surface area contributed by atoms with Gasteiger partial charge in [0.15, 0.2) is 5.65 Å². The second-order valence-corrected chi connectivity index (χ2v) is 7.30. The lowest BCUT2D eigenvalue weighted by molar-refractivity contribution is -0.159. The van der Waals surface area contributed by atoms with Crippen molar-refractivity contribution in [3.63, 3.8) is 0 Å². The van der Waals surface area contributed by atoms with Gasteiger partial charge in [-0.1, -0.05) is 0 Å². The molecule has 0 aromatic carbocycles. The molecule has 5 rings (SSSR count). The molecule has 9 nitrogen and oxygen atoms in total. The Kier molecular flexibility index (Phi) is 4.49. The van der Waals surface area contributed by atoms with Crippen LogP contribution < -0.4 is 10.2 Å². The van der Waals surface area contributed by atoms with E-state index in [0.717, 1.165) is 0 Å². The third kappa shape index (κ3) is 3.22. The average Bonchev–Trinajstić information content (AvgIpc) is 3.31. The van der Waals surface area contributed by atoms with Gasteiger partial charge in [-0.25, -0.2) is 9.37 Å². The van der Waals surface area contributed by atoms with Crippen LogP contribution in [-0.2, 0) is 4.74 Å². The summed E-state index contributed by atoms with van der Waals surface area (Å²) < 4.78 is 60.9. The van der Waals surface area contributed by atoms with Crippen LogP contribution in [0.25, 0.3) is 16.9 Å². The quantitative estimate of drug-likeness (QED) is 0.618. The first-order chi connectivity index (χ1) is 14.4. The highest BCUT2D eigenvalue weighted by Gasteiger charge is 2.50. The maximum atomic E-state index is 14.1. The minimum atomic E-state index is -4.39. The van der Waals surface area contributed by atoms with E-state index in [0.29, 0.717) is 24.3 Å². The number of aromatic amines is 1. The van der Waals surface area contributed by atoms with Crippen molar-refractivity contribution in [1.29, 1.82) is 0 Å². The highest BCUT2D eigenvalue weighted by molar-refractivity contribution is 5.86. The SMILES string of the molecule is F[C@@H]1COCC[C@@H]1Nc1nc2c(N3CC[C@H]3C(F)(F)F)c(-c3cn[nH]c3)ncn2n1. The number of nitrogens with one attached hydrogen (secondary N) is 2. The Morgan fingerprint density at radius 1 is 1.27 bits per heavy atom. The van der Waals surface area contributed by atoms with Crippen LogP contribution in [0.15, 0.2) is 18.7 Å². The molecule has 2 fully saturated rings. The van der Waals surface area contributed by atoms with Crippen molar-refractivity contribution in [3.8, 4) is 11.3 Å². The molecule has 13 heteroatoms. The van der Waals surface area contributed by atoms with Gasteiger partial charge < -0.3 is 15.0 Å². The van der Waals surface area contributed by atoms with Gasteiger partial charge in [0.2, 0.25) is 5.95 Å². The first-order valence-electron chi connectivity index (χ1n) is 9.48. The van der Waals surface area contributed by atoms with E-state index in [-0.39, 0.29) is 36.9 Å². The van der Waals surface area contributed by atoms with Gasteiger partial charge >= 0.3 is 6.18 Å². The van der Waals surface area contributed by atoms with Gasteiger partial charge in [0.05, 0.1) is 18.8 Å². The number of hydrogen-bond donors (Lipinski definition) is 2. The molecular formula is C17H18F4N8O. The summed E-state index contributed by atoms with van der Waals surface area (Å²) in [6.45, 7) is 0.589. The van der Waals surface area contributed by atoms with Gasteiger partial charge in [-0.05, 0) is 12.8 Å². The molecule has 5 heterocycles. The van der Waals surface area contributed by atoms with Crippen molar-refractivity contribution in [2.45, 2.75) is 37.3 Å². The third-order valence-corrected chi connectivity index (χ3v) is 5.42. The highest BCUT2D eigenvalue weighted by atomic mass is 19.4. The Bertz CT molecular complexity index is 1040. The molecule has 30 heavy (non-hydrogen) atoms. The molecular weight excluding hydrogens is 408 g/mol. The minimum absolute atomic E-state index is 0.0137. The smallest absolute Gasteiger partial charge is 0.378 e. The third-order valence-electron chi connectivity index (χ3n) is 5.42. The standard InChI is InChI=1S/C17H18F4N8O/c18-10-7-30-4-2-11(10)25-16-26-15-14(28-3-1-12(28)17(19,20)21)13(9-5-23-24-6-9)22-8-29(15)27-16/h5-6,8,10-12H,1-4,7H2,(H,23,24)(H,25,27)/t10-,11+,12+/m1/s1. The topological polar surface area (TPSA) is 96.3 Å². The van der Waals surface area contributed by atoms with Crippen LogP contribution in [0.1, 0.15) is 12.8 Å². The highest BCUT2D eigenvalue weighted by Crippen LogP contribution is 2.42. The van der Waals surface area contributed by atoms with E-state index in [2.05, 4.69) is 30.6 Å². The Balaban J connectivity index is 1.57. The number of aromatic nitrogens is 6. The van der Waals surface area contributed by atoms with E-state index in [1.165, 1.54) is 21.9 Å². The second kappa shape index (κ2) is 7.07. The molecule has 0 amide bonds. The number of nitrogens with zero attached hydrogens (tertiary/aromatic N) is 6. The molecule has 0 radical (unpaired) electrons. The summed E-state index contributed by atoms with van der Waals surface area (Å²) in [5.41, 5.74) is 1.28. The Morgan fingerprint density at radius 2 is 2.13 bits per heavy atom. The lowest BCUT2D eigenvalue weighted by Gasteiger charge is -2.43. The largest absolute Gasteiger partial charge is 0.408 e. The van der Waals surface area contributed by atoms with Gasteiger partial charge in [0.1, 0.15) is 29.9 Å². The predicted octanol–water partition coefficient (Wildman–Crippen LogP) is 2.19. The molecule has 2 aliphatic rings. The first-order valence-corrected chi connectivity index (χ1v) is 9.48. The van der Waals surface area contributed by atoms with Crippen LogP contribution in [-0.4, -0.2) is 74.0 Å². The second-order valence-electron chi connectivity index (χ2n) is 7.30. The fourth-order valence-corrected chi connectivity index (χ4v) is 3.79. The molecule has 3 aromatic rings. The molecule has 2 aliphatic heterocycles. The summed E-state index contributed by atoms with van der Waals surface area (Å²) in [5.74, 6) is 0.126. The zero-order valence-electron chi connectivity index (χ0n) is 15.6. The molecule has 0 saturated carbocycles. The van der Waals surface area contributed by atoms with Crippen molar-refractivity contribution in [1.82, 2.24) is 29.8 Å².